The van der Waals surface area contributed by atoms with Crippen molar-refractivity contribution >= 4 is 21.5 Å². The third-order valence-electron chi connectivity index (χ3n) is 2.60. The number of hydrogen-bond acceptors (Lipinski definition) is 5. The minimum absolute atomic E-state index is 0.0222. The van der Waals surface area contributed by atoms with E-state index in [1.54, 1.807) is 31.5 Å². The van der Waals surface area contributed by atoms with Gasteiger partial charge < -0.3 is 5.32 Å². The largest absolute Gasteiger partial charge is 0.378 e. The standard InChI is InChI=1S/C13H16N4O2S/c1-2-20(18,19)17-13-7-6-12(10-16-13)15-9-11-5-3-4-8-14-11/h3-8,10,15H,2,9H2,1H3,(H,16,17). The molecule has 0 aliphatic heterocycles. The fourth-order valence-corrected chi connectivity index (χ4v) is 2.07. The van der Waals surface area contributed by atoms with Crippen LogP contribution in [0.2, 0.25) is 0 Å². The summed E-state index contributed by atoms with van der Waals surface area (Å²) in [6.07, 6.45) is 3.31. The second-order valence-electron chi connectivity index (χ2n) is 4.11. The van der Waals surface area contributed by atoms with Crippen LogP contribution >= 0.6 is 0 Å². The van der Waals surface area contributed by atoms with Gasteiger partial charge in [-0.2, -0.15) is 0 Å². The number of anilines is 2. The first kappa shape index (κ1) is 14.3. The van der Waals surface area contributed by atoms with E-state index in [1.807, 2.05) is 18.2 Å². The van der Waals surface area contributed by atoms with Gasteiger partial charge in [0.2, 0.25) is 10.0 Å². The van der Waals surface area contributed by atoms with Crippen LogP contribution in [0.1, 0.15) is 12.6 Å². The fourth-order valence-electron chi connectivity index (χ4n) is 1.49. The lowest BCUT2D eigenvalue weighted by atomic mass is 10.3. The number of hydrogen-bond donors (Lipinski definition) is 2. The van der Waals surface area contributed by atoms with Gasteiger partial charge in [0, 0.05) is 6.20 Å². The summed E-state index contributed by atoms with van der Waals surface area (Å²) in [6.45, 7) is 2.16. The van der Waals surface area contributed by atoms with Crippen LogP contribution < -0.4 is 10.0 Å². The molecule has 2 heterocycles. The molecule has 2 rings (SSSR count). The minimum Gasteiger partial charge on any atom is -0.378 e. The monoisotopic (exact) mass is 292 g/mol. The fraction of sp³-hybridized carbons (Fsp3) is 0.231. The maximum Gasteiger partial charge on any atom is 0.233 e. The Morgan fingerprint density at radius 2 is 2.00 bits per heavy atom. The van der Waals surface area contributed by atoms with Gasteiger partial charge in [0.15, 0.2) is 0 Å². The van der Waals surface area contributed by atoms with E-state index in [-0.39, 0.29) is 5.75 Å². The van der Waals surface area contributed by atoms with E-state index in [0.717, 1.165) is 11.4 Å². The number of aromatic nitrogens is 2. The molecule has 0 spiro atoms. The van der Waals surface area contributed by atoms with Gasteiger partial charge in [0.05, 0.1) is 29.9 Å². The summed E-state index contributed by atoms with van der Waals surface area (Å²) in [7, 11) is -3.28. The van der Waals surface area contributed by atoms with E-state index in [1.165, 1.54) is 0 Å². The predicted octanol–water partition coefficient (Wildman–Crippen LogP) is 1.85. The second kappa shape index (κ2) is 6.33. The molecule has 0 atom stereocenters. The Hall–Kier alpha value is -2.15. The van der Waals surface area contributed by atoms with Crippen LogP contribution in [0.25, 0.3) is 0 Å². The Kier molecular flexibility index (Phi) is 4.52. The Morgan fingerprint density at radius 1 is 1.15 bits per heavy atom. The van der Waals surface area contributed by atoms with Gasteiger partial charge in [-0.25, -0.2) is 13.4 Å². The SMILES string of the molecule is CCS(=O)(=O)Nc1ccc(NCc2ccccn2)cn1. The summed E-state index contributed by atoms with van der Waals surface area (Å²) in [5.74, 6) is 0.337. The third kappa shape index (κ3) is 4.20. The Morgan fingerprint density at radius 3 is 2.60 bits per heavy atom. The number of nitrogens with zero attached hydrogens (tertiary/aromatic N) is 2. The summed E-state index contributed by atoms with van der Waals surface area (Å²) in [5.41, 5.74) is 1.72. The highest BCUT2D eigenvalue weighted by molar-refractivity contribution is 7.92. The molecule has 0 bridgehead atoms. The summed E-state index contributed by atoms with van der Waals surface area (Å²) in [5, 5.41) is 3.16. The smallest absolute Gasteiger partial charge is 0.233 e. The Labute approximate surface area is 118 Å². The average Bonchev–Trinajstić information content (AvgIpc) is 2.47. The summed E-state index contributed by atoms with van der Waals surface area (Å²) < 4.78 is 25.2. The molecule has 0 saturated carbocycles. The zero-order valence-electron chi connectivity index (χ0n) is 11.1. The molecule has 0 unspecified atom stereocenters. The molecule has 2 N–H and O–H groups in total. The molecule has 0 aliphatic rings. The normalized spacial score (nSPS) is 11.1. The minimum atomic E-state index is -3.28. The van der Waals surface area contributed by atoms with Crippen LogP contribution in [0.4, 0.5) is 11.5 Å². The number of rotatable bonds is 6. The molecule has 0 amide bonds. The van der Waals surface area contributed by atoms with E-state index >= 15 is 0 Å². The van der Waals surface area contributed by atoms with Crippen molar-refractivity contribution in [2.75, 3.05) is 15.8 Å². The molecular weight excluding hydrogens is 276 g/mol. The van der Waals surface area contributed by atoms with Crippen molar-refractivity contribution in [1.82, 2.24) is 9.97 Å². The van der Waals surface area contributed by atoms with Crippen molar-refractivity contribution in [2.45, 2.75) is 13.5 Å². The molecule has 0 aliphatic carbocycles. The van der Waals surface area contributed by atoms with Crippen LogP contribution in [0.15, 0.2) is 42.7 Å². The van der Waals surface area contributed by atoms with Gasteiger partial charge in [-0.15, -0.1) is 0 Å². The zero-order chi connectivity index (χ0) is 14.4. The maximum absolute atomic E-state index is 11.4. The molecule has 0 radical (unpaired) electrons. The first-order chi connectivity index (χ1) is 9.59. The number of nitrogens with one attached hydrogen (secondary N) is 2. The molecule has 2 aromatic heterocycles. The van der Waals surface area contributed by atoms with Gasteiger partial charge in [0.1, 0.15) is 5.82 Å². The van der Waals surface area contributed by atoms with Crippen LogP contribution in [0, 0.1) is 0 Å². The predicted molar refractivity (Wildman–Crippen MR) is 78.9 cm³/mol. The lowest BCUT2D eigenvalue weighted by Gasteiger charge is -2.08. The lowest BCUT2D eigenvalue weighted by Crippen LogP contribution is -2.15. The van der Waals surface area contributed by atoms with E-state index < -0.39 is 10.0 Å². The molecule has 0 saturated heterocycles. The average molecular weight is 292 g/mol. The highest BCUT2D eigenvalue weighted by Crippen LogP contribution is 2.11. The molecule has 6 nitrogen and oxygen atoms in total. The lowest BCUT2D eigenvalue weighted by molar-refractivity contribution is 0.602. The van der Waals surface area contributed by atoms with Gasteiger partial charge in [-0.05, 0) is 31.2 Å². The molecule has 0 aromatic carbocycles. The maximum atomic E-state index is 11.4. The summed E-state index contributed by atoms with van der Waals surface area (Å²) >= 11 is 0. The van der Waals surface area contributed by atoms with E-state index in [9.17, 15) is 8.42 Å². The van der Waals surface area contributed by atoms with Crippen LogP contribution in [0.5, 0.6) is 0 Å². The molecule has 20 heavy (non-hydrogen) atoms. The summed E-state index contributed by atoms with van der Waals surface area (Å²) in [6, 6.07) is 9.09. The molecule has 7 heteroatoms. The van der Waals surface area contributed by atoms with Crippen LogP contribution in [0.3, 0.4) is 0 Å². The van der Waals surface area contributed by atoms with Gasteiger partial charge >= 0.3 is 0 Å². The van der Waals surface area contributed by atoms with Gasteiger partial charge in [-0.3, -0.25) is 9.71 Å². The van der Waals surface area contributed by atoms with E-state index in [4.69, 9.17) is 0 Å². The first-order valence-electron chi connectivity index (χ1n) is 6.19. The molecule has 2 aromatic rings. The van der Waals surface area contributed by atoms with Crippen molar-refractivity contribution in [3.63, 3.8) is 0 Å². The third-order valence-corrected chi connectivity index (χ3v) is 3.88. The van der Waals surface area contributed by atoms with Crippen molar-refractivity contribution in [2.24, 2.45) is 0 Å². The quantitative estimate of drug-likeness (QED) is 0.849. The topological polar surface area (TPSA) is 84.0 Å². The summed E-state index contributed by atoms with van der Waals surface area (Å²) in [4.78, 5) is 8.25. The van der Waals surface area contributed by atoms with Crippen molar-refractivity contribution < 1.29 is 8.42 Å². The number of pyridine rings is 2. The first-order valence-corrected chi connectivity index (χ1v) is 7.84. The van der Waals surface area contributed by atoms with Gasteiger partial charge in [-0.1, -0.05) is 6.07 Å². The highest BCUT2D eigenvalue weighted by atomic mass is 32.2. The van der Waals surface area contributed by atoms with Crippen LogP contribution in [-0.4, -0.2) is 24.1 Å². The van der Waals surface area contributed by atoms with Crippen molar-refractivity contribution in [3.8, 4) is 0 Å². The van der Waals surface area contributed by atoms with Gasteiger partial charge in [0.25, 0.3) is 0 Å². The Balaban J connectivity index is 1.95. The molecular formula is C13H16N4O2S. The van der Waals surface area contributed by atoms with Crippen molar-refractivity contribution in [3.05, 3.63) is 48.4 Å². The molecule has 0 fully saturated rings. The number of sulfonamides is 1. The highest BCUT2D eigenvalue weighted by Gasteiger charge is 2.07. The Bertz CT molecular complexity index is 642. The van der Waals surface area contributed by atoms with E-state index in [0.29, 0.717) is 12.4 Å². The van der Waals surface area contributed by atoms with Crippen molar-refractivity contribution in [1.29, 1.82) is 0 Å². The zero-order valence-corrected chi connectivity index (χ0v) is 11.9. The van der Waals surface area contributed by atoms with E-state index in [2.05, 4.69) is 20.0 Å². The second-order valence-corrected chi connectivity index (χ2v) is 6.12. The molecule has 106 valence electrons. The van der Waals surface area contributed by atoms with Crippen LogP contribution in [-0.2, 0) is 16.6 Å².